The molecular formula is C11H22N2O2. The van der Waals surface area contributed by atoms with E-state index in [0.29, 0.717) is 24.9 Å². The van der Waals surface area contributed by atoms with Gasteiger partial charge in [-0.05, 0) is 31.6 Å². The molecule has 3 N–H and O–H groups in total. The van der Waals surface area contributed by atoms with Crippen LogP contribution in [-0.2, 0) is 0 Å². The van der Waals surface area contributed by atoms with E-state index in [9.17, 15) is 9.90 Å². The van der Waals surface area contributed by atoms with Crippen LogP contribution >= 0.6 is 0 Å². The van der Waals surface area contributed by atoms with Gasteiger partial charge in [0.25, 0.3) is 0 Å². The summed E-state index contributed by atoms with van der Waals surface area (Å²) in [6.45, 7) is 3.50. The maximum atomic E-state index is 11.2. The van der Waals surface area contributed by atoms with Crippen LogP contribution in [0.3, 0.4) is 0 Å². The molecule has 0 spiro atoms. The van der Waals surface area contributed by atoms with Crippen molar-refractivity contribution in [1.82, 2.24) is 10.6 Å². The number of carbonyl (C=O) groups is 1. The van der Waals surface area contributed by atoms with Crippen LogP contribution in [0.15, 0.2) is 0 Å². The molecule has 0 radical (unpaired) electrons. The Labute approximate surface area is 91.4 Å². The summed E-state index contributed by atoms with van der Waals surface area (Å²) in [7, 11) is 0. The van der Waals surface area contributed by atoms with Crippen molar-refractivity contribution in [1.29, 1.82) is 0 Å². The first-order valence-electron chi connectivity index (χ1n) is 5.90. The molecule has 1 aliphatic carbocycles. The quantitative estimate of drug-likeness (QED) is 0.656. The van der Waals surface area contributed by atoms with Gasteiger partial charge in [0.1, 0.15) is 0 Å². The van der Waals surface area contributed by atoms with Crippen molar-refractivity contribution in [3.05, 3.63) is 0 Å². The second kappa shape index (κ2) is 6.67. The van der Waals surface area contributed by atoms with Gasteiger partial charge in [0.05, 0.1) is 0 Å². The molecule has 0 aliphatic heterocycles. The molecule has 15 heavy (non-hydrogen) atoms. The molecule has 2 atom stereocenters. The highest BCUT2D eigenvalue weighted by Crippen LogP contribution is 2.28. The van der Waals surface area contributed by atoms with Crippen LogP contribution in [0.4, 0.5) is 4.79 Å². The normalized spacial score (nSPS) is 26.0. The van der Waals surface area contributed by atoms with Gasteiger partial charge in [-0.3, -0.25) is 0 Å². The maximum Gasteiger partial charge on any atom is 0.314 e. The summed E-state index contributed by atoms with van der Waals surface area (Å²) >= 11 is 0. The molecule has 1 saturated carbocycles. The van der Waals surface area contributed by atoms with Gasteiger partial charge < -0.3 is 15.7 Å². The van der Waals surface area contributed by atoms with Gasteiger partial charge in [-0.25, -0.2) is 4.79 Å². The first-order chi connectivity index (χ1) is 7.27. The van der Waals surface area contributed by atoms with Crippen molar-refractivity contribution >= 4 is 6.03 Å². The number of rotatable bonds is 4. The molecule has 0 aromatic carbocycles. The zero-order valence-electron chi connectivity index (χ0n) is 9.46. The average molecular weight is 214 g/mol. The molecule has 1 fully saturated rings. The lowest BCUT2D eigenvalue weighted by molar-refractivity contribution is 0.134. The Hall–Kier alpha value is -0.770. The minimum Gasteiger partial charge on any atom is -0.396 e. The lowest BCUT2D eigenvalue weighted by atomic mass is 9.80. The van der Waals surface area contributed by atoms with Gasteiger partial charge in [-0.2, -0.15) is 0 Å². The highest BCUT2D eigenvalue weighted by molar-refractivity contribution is 5.73. The highest BCUT2D eigenvalue weighted by atomic mass is 16.3. The topological polar surface area (TPSA) is 61.4 Å². The Morgan fingerprint density at radius 2 is 1.93 bits per heavy atom. The van der Waals surface area contributed by atoms with E-state index in [2.05, 4.69) is 10.6 Å². The van der Waals surface area contributed by atoms with Crippen molar-refractivity contribution < 1.29 is 9.90 Å². The average Bonchev–Trinajstić information content (AvgIpc) is 2.27. The second-order valence-corrected chi connectivity index (χ2v) is 4.23. The minimum absolute atomic E-state index is 0.0974. The van der Waals surface area contributed by atoms with E-state index in [1.54, 1.807) is 0 Å². The van der Waals surface area contributed by atoms with Crippen molar-refractivity contribution in [2.45, 2.75) is 32.6 Å². The van der Waals surface area contributed by atoms with Crippen molar-refractivity contribution in [3.63, 3.8) is 0 Å². The summed E-state index contributed by atoms with van der Waals surface area (Å²) in [6, 6.07) is -0.0974. The third kappa shape index (κ3) is 4.08. The second-order valence-electron chi connectivity index (χ2n) is 4.23. The van der Waals surface area contributed by atoms with Crippen LogP contribution in [0.1, 0.15) is 32.6 Å². The maximum absolute atomic E-state index is 11.2. The number of hydrogen-bond donors (Lipinski definition) is 3. The van der Waals surface area contributed by atoms with Crippen LogP contribution in [0, 0.1) is 11.8 Å². The minimum atomic E-state index is -0.0974. The number of hydrogen-bond acceptors (Lipinski definition) is 2. The van der Waals surface area contributed by atoms with Gasteiger partial charge >= 0.3 is 6.03 Å². The fourth-order valence-electron chi connectivity index (χ4n) is 2.24. The largest absolute Gasteiger partial charge is 0.396 e. The fraction of sp³-hybridized carbons (Fsp3) is 0.909. The Balaban J connectivity index is 2.26. The zero-order chi connectivity index (χ0) is 11.1. The molecule has 2 amide bonds. The van der Waals surface area contributed by atoms with E-state index in [-0.39, 0.29) is 12.6 Å². The first-order valence-corrected chi connectivity index (χ1v) is 5.90. The summed E-state index contributed by atoms with van der Waals surface area (Å²) in [4.78, 5) is 11.2. The summed E-state index contributed by atoms with van der Waals surface area (Å²) in [5, 5.41) is 14.8. The van der Waals surface area contributed by atoms with Crippen LogP contribution in [-0.4, -0.2) is 30.8 Å². The molecule has 0 heterocycles. The van der Waals surface area contributed by atoms with Gasteiger partial charge in [0.15, 0.2) is 0 Å². The predicted octanol–water partition coefficient (Wildman–Crippen LogP) is 1.10. The molecule has 0 bridgehead atoms. The lowest BCUT2D eigenvalue weighted by Gasteiger charge is -2.30. The molecule has 1 rings (SSSR count). The van der Waals surface area contributed by atoms with Gasteiger partial charge in [-0.1, -0.05) is 12.8 Å². The summed E-state index contributed by atoms with van der Waals surface area (Å²) < 4.78 is 0. The third-order valence-corrected chi connectivity index (χ3v) is 3.16. The van der Waals surface area contributed by atoms with Crippen molar-refractivity contribution in [3.8, 4) is 0 Å². The Morgan fingerprint density at radius 3 is 2.53 bits per heavy atom. The number of aliphatic hydroxyl groups is 1. The molecule has 0 aromatic rings. The monoisotopic (exact) mass is 214 g/mol. The molecule has 4 heteroatoms. The molecule has 0 aromatic heterocycles. The number of urea groups is 1. The smallest absolute Gasteiger partial charge is 0.314 e. The van der Waals surface area contributed by atoms with E-state index >= 15 is 0 Å². The fourth-order valence-corrected chi connectivity index (χ4v) is 2.24. The van der Waals surface area contributed by atoms with Gasteiger partial charge in [0.2, 0.25) is 0 Å². The van der Waals surface area contributed by atoms with E-state index in [0.717, 1.165) is 12.8 Å². The lowest BCUT2D eigenvalue weighted by Crippen LogP contribution is -2.40. The van der Waals surface area contributed by atoms with Crippen LogP contribution in [0.2, 0.25) is 0 Å². The molecule has 88 valence electrons. The summed E-state index contributed by atoms with van der Waals surface area (Å²) in [5.74, 6) is 0.826. The number of amides is 2. The van der Waals surface area contributed by atoms with Crippen molar-refractivity contribution in [2.75, 3.05) is 19.7 Å². The van der Waals surface area contributed by atoms with E-state index in [1.807, 2.05) is 6.92 Å². The van der Waals surface area contributed by atoms with Gasteiger partial charge in [-0.15, -0.1) is 0 Å². The van der Waals surface area contributed by atoms with E-state index in [4.69, 9.17) is 0 Å². The predicted molar refractivity (Wildman–Crippen MR) is 59.6 cm³/mol. The molecular weight excluding hydrogens is 192 g/mol. The van der Waals surface area contributed by atoms with Crippen LogP contribution in [0.5, 0.6) is 0 Å². The first kappa shape index (κ1) is 12.3. The molecule has 1 aliphatic rings. The van der Waals surface area contributed by atoms with E-state index < -0.39 is 0 Å². The van der Waals surface area contributed by atoms with Crippen molar-refractivity contribution in [2.24, 2.45) is 11.8 Å². The Kier molecular flexibility index (Phi) is 5.47. The van der Waals surface area contributed by atoms with Crippen LogP contribution in [0.25, 0.3) is 0 Å². The Bertz CT molecular complexity index is 197. The third-order valence-electron chi connectivity index (χ3n) is 3.16. The summed E-state index contributed by atoms with van der Waals surface area (Å²) in [6.07, 6.45) is 4.65. The molecule has 4 nitrogen and oxygen atoms in total. The zero-order valence-corrected chi connectivity index (χ0v) is 9.46. The SMILES string of the molecule is CCNC(=O)NCC1CCCCC1CO. The Morgan fingerprint density at radius 1 is 1.27 bits per heavy atom. The number of aliphatic hydroxyl groups excluding tert-OH is 1. The standard InChI is InChI=1S/C11H22N2O2/c1-2-12-11(15)13-7-9-5-3-4-6-10(9)8-14/h9-10,14H,2-8H2,1H3,(H2,12,13,15). The molecule has 0 saturated heterocycles. The number of carbonyl (C=O) groups excluding carboxylic acids is 1. The van der Waals surface area contributed by atoms with E-state index in [1.165, 1.54) is 12.8 Å². The summed E-state index contributed by atoms with van der Waals surface area (Å²) in [5.41, 5.74) is 0. The molecule has 2 unspecified atom stereocenters. The van der Waals surface area contributed by atoms with Gasteiger partial charge in [0, 0.05) is 19.7 Å². The number of nitrogens with one attached hydrogen (secondary N) is 2. The van der Waals surface area contributed by atoms with Crippen LogP contribution < -0.4 is 10.6 Å². The highest BCUT2D eigenvalue weighted by Gasteiger charge is 2.24.